The topological polar surface area (TPSA) is 34.2 Å². The molecule has 0 saturated carbocycles. The van der Waals surface area contributed by atoms with Crippen molar-refractivity contribution >= 4 is 32.9 Å². The van der Waals surface area contributed by atoms with E-state index in [1.54, 1.807) is 18.4 Å². The van der Waals surface area contributed by atoms with E-state index in [0.29, 0.717) is 0 Å². The molecule has 3 aromatic carbocycles. The van der Waals surface area contributed by atoms with Gasteiger partial charge in [-0.25, -0.2) is 4.98 Å². The number of nitrogens with one attached hydrogen (secondary N) is 1. The number of methoxy groups -OCH3 is 1. The molecule has 4 aromatic rings. The average molecular weight is 360 g/mol. The molecule has 0 fully saturated rings. The molecular weight excluding hydrogens is 340 g/mol. The Kier molecular flexibility index (Phi) is 4.59. The van der Waals surface area contributed by atoms with Crippen LogP contribution in [-0.4, -0.2) is 12.1 Å². The van der Waals surface area contributed by atoms with Crippen LogP contribution in [0.15, 0.2) is 66.7 Å². The summed E-state index contributed by atoms with van der Waals surface area (Å²) >= 11 is 1.71. The van der Waals surface area contributed by atoms with E-state index in [4.69, 9.17) is 9.72 Å². The van der Waals surface area contributed by atoms with E-state index in [1.807, 2.05) is 12.1 Å². The van der Waals surface area contributed by atoms with Crippen LogP contribution in [0.2, 0.25) is 0 Å². The van der Waals surface area contributed by atoms with Crippen LogP contribution in [-0.2, 0) is 6.42 Å². The van der Waals surface area contributed by atoms with E-state index in [2.05, 4.69) is 66.8 Å². The van der Waals surface area contributed by atoms with Crippen molar-refractivity contribution in [2.45, 2.75) is 13.3 Å². The molecule has 0 aliphatic carbocycles. The first-order valence-electron chi connectivity index (χ1n) is 8.67. The van der Waals surface area contributed by atoms with Gasteiger partial charge in [-0.2, -0.15) is 0 Å². The van der Waals surface area contributed by atoms with Gasteiger partial charge in [-0.05, 0) is 42.1 Å². The molecule has 1 N–H and O–H groups in total. The van der Waals surface area contributed by atoms with Gasteiger partial charge >= 0.3 is 0 Å². The van der Waals surface area contributed by atoms with Gasteiger partial charge in [0.15, 0.2) is 5.13 Å². The van der Waals surface area contributed by atoms with Crippen LogP contribution in [0.25, 0.3) is 22.0 Å². The maximum atomic E-state index is 5.26. The summed E-state index contributed by atoms with van der Waals surface area (Å²) < 4.78 is 5.26. The highest BCUT2D eigenvalue weighted by molar-refractivity contribution is 7.16. The highest BCUT2D eigenvalue weighted by atomic mass is 32.1. The monoisotopic (exact) mass is 360 g/mol. The van der Waals surface area contributed by atoms with E-state index in [1.165, 1.54) is 15.6 Å². The molecule has 0 amide bonds. The van der Waals surface area contributed by atoms with E-state index in [9.17, 15) is 0 Å². The molecule has 3 nitrogen and oxygen atoms in total. The summed E-state index contributed by atoms with van der Waals surface area (Å²) in [5.41, 5.74) is 3.24. The van der Waals surface area contributed by atoms with Crippen LogP contribution in [0.3, 0.4) is 0 Å². The van der Waals surface area contributed by atoms with E-state index in [0.717, 1.165) is 34.2 Å². The third kappa shape index (κ3) is 3.16. The first-order valence-corrected chi connectivity index (χ1v) is 9.49. The van der Waals surface area contributed by atoms with Crippen LogP contribution in [0, 0.1) is 0 Å². The number of nitrogens with zero attached hydrogens (tertiary/aromatic N) is 1. The second kappa shape index (κ2) is 7.18. The number of thiazole rings is 1. The van der Waals surface area contributed by atoms with Crippen molar-refractivity contribution < 1.29 is 4.74 Å². The largest absolute Gasteiger partial charge is 0.497 e. The Morgan fingerprint density at radius 1 is 0.962 bits per heavy atom. The molecule has 130 valence electrons. The molecule has 1 aromatic heterocycles. The number of ether oxygens (including phenoxy) is 1. The summed E-state index contributed by atoms with van der Waals surface area (Å²) in [6.07, 6.45) is 0.955. The van der Waals surface area contributed by atoms with Gasteiger partial charge in [-0.15, -0.1) is 11.3 Å². The van der Waals surface area contributed by atoms with Crippen LogP contribution in [0.4, 0.5) is 10.8 Å². The smallest absolute Gasteiger partial charge is 0.187 e. The summed E-state index contributed by atoms with van der Waals surface area (Å²) in [5, 5.41) is 6.86. The zero-order chi connectivity index (χ0) is 17.9. The van der Waals surface area contributed by atoms with Crippen molar-refractivity contribution in [3.05, 3.63) is 71.6 Å². The van der Waals surface area contributed by atoms with Gasteiger partial charge in [0.25, 0.3) is 0 Å². The van der Waals surface area contributed by atoms with Crippen molar-refractivity contribution in [1.29, 1.82) is 0 Å². The van der Waals surface area contributed by atoms with E-state index >= 15 is 0 Å². The molecule has 0 radical (unpaired) electrons. The molecule has 1 heterocycles. The molecule has 0 atom stereocenters. The summed E-state index contributed by atoms with van der Waals surface area (Å²) in [6, 6.07) is 22.8. The minimum absolute atomic E-state index is 0.858. The summed E-state index contributed by atoms with van der Waals surface area (Å²) in [7, 11) is 1.68. The highest BCUT2D eigenvalue weighted by Gasteiger charge is 2.13. The third-order valence-corrected chi connectivity index (χ3v) is 5.53. The molecule has 0 aliphatic rings. The summed E-state index contributed by atoms with van der Waals surface area (Å²) in [6.45, 7) is 2.17. The maximum Gasteiger partial charge on any atom is 0.187 e. The number of hydrogen-bond acceptors (Lipinski definition) is 4. The van der Waals surface area contributed by atoms with Crippen molar-refractivity contribution in [3.63, 3.8) is 0 Å². The Balaban J connectivity index is 1.70. The normalized spacial score (nSPS) is 10.8. The SMILES string of the molecule is CCc1sc(Nc2cccc3ccccc23)nc1-c1ccc(OC)cc1. The maximum absolute atomic E-state index is 5.26. The van der Waals surface area contributed by atoms with Gasteiger partial charge < -0.3 is 10.1 Å². The Labute approximate surface area is 157 Å². The molecule has 4 heteroatoms. The standard InChI is InChI=1S/C22H20N2OS/c1-3-20-21(16-11-13-17(25-2)14-12-16)24-22(26-20)23-19-10-6-8-15-7-4-5-9-18(15)19/h4-14H,3H2,1-2H3,(H,23,24). The van der Waals surface area contributed by atoms with E-state index in [-0.39, 0.29) is 0 Å². The predicted molar refractivity (Wildman–Crippen MR) is 111 cm³/mol. The molecule has 0 saturated heterocycles. The summed E-state index contributed by atoms with van der Waals surface area (Å²) in [4.78, 5) is 6.15. The van der Waals surface area contributed by atoms with Crippen LogP contribution < -0.4 is 10.1 Å². The first kappa shape index (κ1) is 16.6. The van der Waals surface area contributed by atoms with Gasteiger partial charge in [0.1, 0.15) is 5.75 Å². The molecule has 0 unspecified atom stereocenters. The lowest BCUT2D eigenvalue weighted by atomic mass is 10.1. The number of benzene rings is 3. The quantitative estimate of drug-likeness (QED) is 0.455. The molecule has 4 rings (SSSR count). The molecule has 0 aliphatic heterocycles. The second-order valence-corrected chi connectivity index (χ2v) is 7.11. The minimum atomic E-state index is 0.858. The van der Waals surface area contributed by atoms with Gasteiger partial charge in [0.2, 0.25) is 0 Å². The Morgan fingerprint density at radius 3 is 2.50 bits per heavy atom. The van der Waals surface area contributed by atoms with Gasteiger partial charge in [0.05, 0.1) is 12.8 Å². The van der Waals surface area contributed by atoms with Crippen molar-refractivity contribution in [2.75, 3.05) is 12.4 Å². The predicted octanol–water partition coefficient (Wildman–Crippen LogP) is 6.28. The average Bonchev–Trinajstić information content (AvgIpc) is 3.11. The van der Waals surface area contributed by atoms with Crippen LogP contribution in [0.5, 0.6) is 5.75 Å². The lowest BCUT2D eigenvalue weighted by Gasteiger charge is -2.07. The fraction of sp³-hybridized carbons (Fsp3) is 0.136. The molecule has 0 spiro atoms. The fourth-order valence-electron chi connectivity index (χ4n) is 3.07. The van der Waals surface area contributed by atoms with Crippen LogP contribution >= 0.6 is 11.3 Å². The second-order valence-electron chi connectivity index (χ2n) is 6.02. The van der Waals surface area contributed by atoms with Crippen molar-refractivity contribution in [3.8, 4) is 17.0 Å². The Morgan fingerprint density at radius 2 is 1.73 bits per heavy atom. The van der Waals surface area contributed by atoms with Gasteiger partial charge in [-0.3, -0.25) is 0 Å². The fourth-order valence-corrected chi connectivity index (χ4v) is 4.00. The lowest BCUT2D eigenvalue weighted by Crippen LogP contribution is -1.91. The van der Waals surface area contributed by atoms with E-state index < -0.39 is 0 Å². The molecular formula is C22H20N2OS. The number of anilines is 2. The van der Waals surface area contributed by atoms with Crippen molar-refractivity contribution in [1.82, 2.24) is 4.98 Å². The minimum Gasteiger partial charge on any atom is -0.497 e. The van der Waals surface area contributed by atoms with Gasteiger partial charge in [-0.1, -0.05) is 43.3 Å². The number of rotatable bonds is 5. The number of aromatic nitrogens is 1. The molecule has 0 bridgehead atoms. The Hall–Kier alpha value is -2.85. The lowest BCUT2D eigenvalue weighted by molar-refractivity contribution is 0.415. The van der Waals surface area contributed by atoms with Crippen LogP contribution in [0.1, 0.15) is 11.8 Å². The van der Waals surface area contributed by atoms with Crippen molar-refractivity contribution in [2.24, 2.45) is 0 Å². The zero-order valence-corrected chi connectivity index (χ0v) is 15.6. The Bertz CT molecular complexity index is 1030. The third-order valence-electron chi connectivity index (χ3n) is 4.41. The highest BCUT2D eigenvalue weighted by Crippen LogP contribution is 2.35. The zero-order valence-electron chi connectivity index (χ0n) is 14.8. The number of aryl methyl sites for hydroxylation is 1. The number of fused-ring (bicyclic) bond motifs is 1. The molecule has 26 heavy (non-hydrogen) atoms. The van der Waals surface area contributed by atoms with Gasteiger partial charge in [0, 0.05) is 21.5 Å². The number of hydrogen-bond donors (Lipinski definition) is 1. The summed E-state index contributed by atoms with van der Waals surface area (Å²) in [5.74, 6) is 0.858. The first-order chi connectivity index (χ1) is 12.8.